The number of carbonyl (C=O) groups is 1. The van der Waals surface area contributed by atoms with Gasteiger partial charge in [-0.1, -0.05) is 55.5 Å². The van der Waals surface area contributed by atoms with Gasteiger partial charge in [-0.15, -0.1) is 0 Å². The molecule has 0 aliphatic heterocycles. The zero-order chi connectivity index (χ0) is 19.2. The lowest BCUT2D eigenvalue weighted by molar-refractivity contribution is 0.0980. The predicted octanol–water partition coefficient (Wildman–Crippen LogP) is 5.39. The number of thiocarbonyl (C=S) groups is 1. The molecule has 27 heavy (non-hydrogen) atoms. The number of ketones is 1. The van der Waals surface area contributed by atoms with Crippen LogP contribution in [-0.4, -0.2) is 17.3 Å². The van der Waals surface area contributed by atoms with Crippen molar-refractivity contribution in [3.63, 3.8) is 0 Å². The van der Waals surface area contributed by atoms with E-state index in [0.717, 1.165) is 53.8 Å². The van der Waals surface area contributed by atoms with E-state index in [2.05, 4.69) is 12.2 Å². The summed E-state index contributed by atoms with van der Waals surface area (Å²) < 4.78 is 13.8. The third-order valence-corrected chi connectivity index (χ3v) is 5.67. The van der Waals surface area contributed by atoms with Gasteiger partial charge >= 0.3 is 0 Å². The molecule has 0 saturated carbocycles. The van der Waals surface area contributed by atoms with Crippen LogP contribution in [0.4, 0.5) is 4.39 Å². The lowest BCUT2D eigenvalue weighted by Gasteiger charge is -2.14. The van der Waals surface area contributed by atoms with Crippen LogP contribution >= 0.6 is 12.2 Å². The number of hydrogen-bond acceptors (Lipinski definition) is 2. The number of carbonyl (C=O) groups excluding carboxylic acids is 1. The Morgan fingerprint density at radius 2 is 2.00 bits per heavy atom. The lowest BCUT2D eigenvalue weighted by Crippen LogP contribution is -2.24. The van der Waals surface area contributed by atoms with Crippen LogP contribution in [0.2, 0.25) is 0 Å². The van der Waals surface area contributed by atoms with Gasteiger partial charge in [0.15, 0.2) is 5.78 Å². The molecule has 1 aliphatic rings. The van der Waals surface area contributed by atoms with E-state index in [9.17, 15) is 9.18 Å². The minimum absolute atomic E-state index is 0.0978. The number of rotatable bonds is 8. The zero-order valence-corrected chi connectivity index (χ0v) is 16.6. The second-order valence-electron chi connectivity index (χ2n) is 7.17. The van der Waals surface area contributed by atoms with Gasteiger partial charge in [-0.25, -0.2) is 4.39 Å². The van der Waals surface area contributed by atoms with Crippen molar-refractivity contribution >= 4 is 23.0 Å². The average Bonchev–Trinajstić information content (AvgIpc) is 3.09. The molecule has 0 spiro atoms. The largest absolute Gasteiger partial charge is 0.380 e. The fourth-order valence-corrected chi connectivity index (χ4v) is 4.05. The highest BCUT2D eigenvalue weighted by Gasteiger charge is 2.25. The fraction of sp³-hybridized carbons (Fsp3) is 0.391. The molecule has 1 atom stereocenters. The third kappa shape index (κ3) is 5.01. The summed E-state index contributed by atoms with van der Waals surface area (Å²) in [5, 5.41) is 3.27. The number of benzene rings is 2. The van der Waals surface area contributed by atoms with Gasteiger partial charge in [0.25, 0.3) is 0 Å². The highest BCUT2D eigenvalue weighted by atomic mass is 32.1. The minimum Gasteiger partial charge on any atom is -0.380 e. The topological polar surface area (TPSA) is 29.1 Å². The van der Waals surface area contributed by atoms with Crippen LogP contribution in [0.25, 0.3) is 0 Å². The van der Waals surface area contributed by atoms with Crippen molar-refractivity contribution in [1.82, 2.24) is 5.32 Å². The molecule has 0 heterocycles. The van der Waals surface area contributed by atoms with Gasteiger partial charge in [0.1, 0.15) is 5.82 Å². The van der Waals surface area contributed by atoms with Crippen molar-refractivity contribution < 1.29 is 9.18 Å². The SMILES string of the molecule is CCc1ccc(C(=O)CCCNC(=S)CC2CCc3c(F)cccc32)cc1. The lowest BCUT2D eigenvalue weighted by atomic mass is 9.97. The Morgan fingerprint density at radius 3 is 2.74 bits per heavy atom. The van der Waals surface area contributed by atoms with E-state index >= 15 is 0 Å². The van der Waals surface area contributed by atoms with E-state index in [4.69, 9.17) is 12.2 Å². The van der Waals surface area contributed by atoms with Crippen LogP contribution in [0, 0.1) is 5.82 Å². The van der Waals surface area contributed by atoms with Gasteiger partial charge in [-0.05, 0) is 54.4 Å². The molecule has 1 aliphatic carbocycles. The molecule has 0 amide bonds. The van der Waals surface area contributed by atoms with E-state index in [0.29, 0.717) is 18.9 Å². The standard InChI is InChI=1S/C23H26FNOS/c1-2-16-8-10-17(11-9-16)22(26)7-4-14-25-23(27)15-18-12-13-20-19(18)5-3-6-21(20)24/h3,5-6,8-11,18H,2,4,7,12-15H2,1H3,(H,25,27). The first-order valence-corrected chi connectivity index (χ1v) is 10.2. The van der Waals surface area contributed by atoms with Crippen LogP contribution in [0.15, 0.2) is 42.5 Å². The molecule has 0 fully saturated rings. The van der Waals surface area contributed by atoms with Gasteiger partial charge in [-0.3, -0.25) is 4.79 Å². The highest BCUT2D eigenvalue weighted by Crippen LogP contribution is 2.36. The first-order valence-electron chi connectivity index (χ1n) is 9.74. The maximum absolute atomic E-state index is 13.8. The van der Waals surface area contributed by atoms with Gasteiger partial charge in [0.2, 0.25) is 0 Å². The smallest absolute Gasteiger partial charge is 0.162 e. The molecule has 0 radical (unpaired) electrons. The number of hydrogen-bond donors (Lipinski definition) is 1. The molecule has 2 nitrogen and oxygen atoms in total. The van der Waals surface area contributed by atoms with Gasteiger partial charge < -0.3 is 5.32 Å². The quantitative estimate of drug-likeness (QED) is 0.376. The van der Waals surface area contributed by atoms with E-state index in [1.807, 2.05) is 30.3 Å². The number of Topliss-reactive ketones (excluding diaryl/α,β-unsaturated/α-hetero) is 1. The Balaban J connectivity index is 1.40. The van der Waals surface area contributed by atoms with Crippen molar-refractivity contribution in [2.75, 3.05) is 6.54 Å². The molecule has 2 aromatic rings. The molecule has 1 unspecified atom stereocenters. The Labute approximate surface area is 166 Å². The normalized spacial score (nSPS) is 15.4. The Kier molecular flexibility index (Phi) is 6.73. The van der Waals surface area contributed by atoms with Crippen molar-refractivity contribution in [1.29, 1.82) is 0 Å². The predicted molar refractivity (Wildman–Crippen MR) is 112 cm³/mol. The summed E-state index contributed by atoms with van der Waals surface area (Å²) in [7, 11) is 0. The summed E-state index contributed by atoms with van der Waals surface area (Å²) in [5.74, 6) is 0.374. The number of fused-ring (bicyclic) bond motifs is 1. The summed E-state index contributed by atoms with van der Waals surface area (Å²) in [6.07, 6.45) is 4.74. The summed E-state index contributed by atoms with van der Waals surface area (Å²) >= 11 is 5.46. The number of halogens is 1. The first-order chi connectivity index (χ1) is 13.1. The Bertz CT molecular complexity index is 816. The molecule has 0 saturated heterocycles. The molecular formula is C23H26FNOS. The van der Waals surface area contributed by atoms with Crippen LogP contribution < -0.4 is 5.32 Å². The van der Waals surface area contributed by atoms with E-state index in [1.54, 1.807) is 6.07 Å². The molecule has 0 aromatic heterocycles. The molecule has 0 bridgehead atoms. The van der Waals surface area contributed by atoms with Crippen molar-refractivity contribution in [3.8, 4) is 0 Å². The van der Waals surface area contributed by atoms with Crippen LogP contribution in [-0.2, 0) is 12.8 Å². The number of aryl methyl sites for hydroxylation is 1. The molecule has 142 valence electrons. The second-order valence-corrected chi connectivity index (χ2v) is 7.67. The van der Waals surface area contributed by atoms with E-state index in [1.165, 1.54) is 11.6 Å². The molecule has 2 aromatic carbocycles. The van der Waals surface area contributed by atoms with Gasteiger partial charge in [-0.2, -0.15) is 0 Å². The van der Waals surface area contributed by atoms with Gasteiger partial charge in [0.05, 0.1) is 4.99 Å². The molecule has 3 rings (SSSR count). The summed E-state index contributed by atoms with van der Waals surface area (Å²) in [5.41, 5.74) is 3.97. The minimum atomic E-state index is -0.0978. The highest BCUT2D eigenvalue weighted by molar-refractivity contribution is 7.80. The summed E-state index contributed by atoms with van der Waals surface area (Å²) in [6, 6.07) is 13.2. The van der Waals surface area contributed by atoms with Crippen molar-refractivity contribution in [3.05, 3.63) is 70.5 Å². The number of nitrogens with one attached hydrogen (secondary N) is 1. The summed E-state index contributed by atoms with van der Waals surface area (Å²) in [4.78, 5) is 13.0. The fourth-order valence-electron chi connectivity index (χ4n) is 3.75. The third-order valence-electron chi connectivity index (χ3n) is 5.36. The zero-order valence-electron chi connectivity index (χ0n) is 15.8. The monoisotopic (exact) mass is 383 g/mol. The van der Waals surface area contributed by atoms with Crippen LogP contribution in [0.1, 0.15) is 65.6 Å². The van der Waals surface area contributed by atoms with Crippen LogP contribution in [0.3, 0.4) is 0 Å². The molecule has 1 N–H and O–H groups in total. The molecule has 4 heteroatoms. The van der Waals surface area contributed by atoms with Crippen molar-refractivity contribution in [2.45, 2.75) is 51.4 Å². The van der Waals surface area contributed by atoms with E-state index in [-0.39, 0.29) is 11.6 Å². The van der Waals surface area contributed by atoms with E-state index < -0.39 is 0 Å². The summed E-state index contributed by atoms with van der Waals surface area (Å²) in [6.45, 7) is 2.80. The van der Waals surface area contributed by atoms with Crippen molar-refractivity contribution in [2.24, 2.45) is 0 Å². The maximum atomic E-state index is 13.8. The Hall–Kier alpha value is -2.07. The maximum Gasteiger partial charge on any atom is 0.162 e. The molecular weight excluding hydrogens is 357 g/mol. The van der Waals surface area contributed by atoms with Gasteiger partial charge in [0, 0.05) is 24.9 Å². The average molecular weight is 384 g/mol. The second kappa shape index (κ2) is 9.23. The Morgan fingerprint density at radius 1 is 1.22 bits per heavy atom. The van der Waals surface area contributed by atoms with Crippen LogP contribution in [0.5, 0.6) is 0 Å². The first kappa shape index (κ1) is 19.7.